The van der Waals surface area contributed by atoms with Gasteiger partial charge in [0.2, 0.25) is 11.2 Å². The van der Waals surface area contributed by atoms with Crippen LogP contribution in [-0.2, 0) is 9.47 Å². The van der Waals surface area contributed by atoms with Crippen molar-refractivity contribution in [1.82, 2.24) is 29.5 Å². The summed E-state index contributed by atoms with van der Waals surface area (Å²) in [4.78, 5) is 35.9. The van der Waals surface area contributed by atoms with Crippen LogP contribution in [0.25, 0.3) is 22.1 Å². The smallest absolute Gasteiger partial charge is 0.420 e. The summed E-state index contributed by atoms with van der Waals surface area (Å²) >= 11 is 6.08. The van der Waals surface area contributed by atoms with E-state index in [2.05, 4.69) is 52.9 Å². The van der Waals surface area contributed by atoms with E-state index in [0.29, 0.717) is 29.5 Å². The lowest BCUT2D eigenvalue weighted by atomic mass is 9.95. The summed E-state index contributed by atoms with van der Waals surface area (Å²) in [5.41, 5.74) is 2.68. The maximum Gasteiger partial charge on any atom is 0.420 e. The quantitative estimate of drug-likeness (QED) is 0.111. The number of nitrogens with zero attached hydrogens (tertiary/aromatic N) is 6. The summed E-state index contributed by atoms with van der Waals surface area (Å²) in [6, 6.07) is 10.9. The number of aromatic nitrogens is 6. The molecule has 1 aliphatic heterocycles. The van der Waals surface area contributed by atoms with Gasteiger partial charge >= 0.3 is 6.09 Å². The number of carbonyl (C=O) groups excluding carboxylic acids is 1. The molecule has 5 aromatic rings. The normalized spacial score (nSPS) is 16.8. The van der Waals surface area contributed by atoms with Crippen LogP contribution >= 0.6 is 11.6 Å². The van der Waals surface area contributed by atoms with Crippen molar-refractivity contribution < 1.29 is 19.0 Å². The van der Waals surface area contributed by atoms with Crippen molar-refractivity contribution in [3.8, 4) is 5.75 Å². The molecular weight excluding hydrogens is 732 g/mol. The third-order valence-corrected chi connectivity index (χ3v) is 10.4. The van der Waals surface area contributed by atoms with Crippen molar-refractivity contribution in [2.45, 2.75) is 110 Å². The van der Waals surface area contributed by atoms with Crippen LogP contribution in [0.4, 0.5) is 33.8 Å². The summed E-state index contributed by atoms with van der Waals surface area (Å²) in [7, 11) is 1.69. The van der Waals surface area contributed by atoms with Crippen LogP contribution in [0.2, 0.25) is 5.28 Å². The fourth-order valence-electron chi connectivity index (χ4n) is 7.47. The molecule has 0 radical (unpaired) electrons. The molecule has 3 aliphatic rings. The molecule has 1 aromatic carbocycles. The minimum atomic E-state index is -0.576. The first-order chi connectivity index (χ1) is 26.6. The van der Waals surface area contributed by atoms with Crippen LogP contribution in [0.5, 0.6) is 5.75 Å². The van der Waals surface area contributed by atoms with Gasteiger partial charge in [-0.25, -0.2) is 14.3 Å². The minimum Gasteiger partial charge on any atom is -0.494 e. The standard InChI is InChI=1S/C23H30N6O2.C17H23ClN4O2.CH4/c1-30-20-15-17(29-11-13-31-14-12-29)7-8-19(20)26-23-27-21-18(9-10-24-21)22(28-23)25-16-5-3-2-4-6-16;1-17(2,3)24-16(23)22-10-9-12-13(20-15(18)21-14(12)22)19-11-7-5-4-6-8-11;/h7-10,15-16H,2-6,11-14H2,1H3,(H3,24,25,26,27,28);9-11H,4-8H2,1-3H3,(H,19,20,21);1H4. The van der Waals surface area contributed by atoms with Crippen LogP contribution in [-0.4, -0.2) is 86.7 Å². The van der Waals surface area contributed by atoms with Crippen LogP contribution in [0.15, 0.2) is 42.7 Å². The summed E-state index contributed by atoms with van der Waals surface area (Å²) in [5.74, 6) is 2.87. The second kappa shape index (κ2) is 18.4. The predicted octanol–water partition coefficient (Wildman–Crippen LogP) is 9.54. The SMILES string of the molecule is C.CC(C)(C)OC(=O)n1ccc2c(NC3CCCCC3)nc(Cl)nc21.COc1cc(N2CCOCC2)ccc1Nc1nc(NC2CCCCC2)c2cc[nH]c2n1. The van der Waals surface area contributed by atoms with Gasteiger partial charge in [-0.1, -0.05) is 46.0 Å². The third kappa shape index (κ3) is 10.1. The highest BCUT2D eigenvalue weighted by Crippen LogP contribution is 2.34. The Kier molecular flexibility index (Phi) is 13.4. The van der Waals surface area contributed by atoms with Crippen LogP contribution in [0.1, 0.15) is 92.4 Å². The van der Waals surface area contributed by atoms with E-state index in [1.54, 1.807) is 13.3 Å². The number of fused-ring (bicyclic) bond motifs is 2. The molecule has 4 aromatic heterocycles. The molecule has 302 valence electrons. The fourth-order valence-corrected chi connectivity index (χ4v) is 7.63. The topological polar surface area (TPSA) is 156 Å². The molecule has 0 spiro atoms. The molecule has 1 saturated heterocycles. The van der Waals surface area contributed by atoms with E-state index in [9.17, 15) is 4.79 Å². The van der Waals surface area contributed by atoms with E-state index < -0.39 is 11.7 Å². The van der Waals surface area contributed by atoms with Crippen molar-refractivity contribution in [2.24, 2.45) is 0 Å². The molecule has 8 rings (SSSR count). The Labute approximate surface area is 334 Å². The largest absolute Gasteiger partial charge is 0.494 e. The van der Waals surface area contributed by atoms with Gasteiger partial charge in [0, 0.05) is 49.3 Å². The lowest BCUT2D eigenvalue weighted by molar-refractivity contribution is 0.0543. The second-order valence-electron chi connectivity index (χ2n) is 15.4. The molecule has 15 heteroatoms. The second-order valence-corrected chi connectivity index (χ2v) is 15.8. The molecule has 0 unspecified atom stereocenters. The minimum absolute atomic E-state index is 0. The number of methoxy groups -OCH3 is 1. The van der Waals surface area contributed by atoms with Crippen LogP contribution < -0.4 is 25.6 Å². The van der Waals surface area contributed by atoms with E-state index >= 15 is 0 Å². The summed E-state index contributed by atoms with van der Waals surface area (Å²) in [6.45, 7) is 8.77. The Hall–Kier alpha value is -4.82. The third-order valence-electron chi connectivity index (χ3n) is 10.2. The molecule has 3 fully saturated rings. The Morgan fingerprint density at radius 2 is 1.54 bits per heavy atom. The van der Waals surface area contributed by atoms with Crippen molar-refractivity contribution in [3.63, 3.8) is 0 Å². The zero-order valence-electron chi connectivity index (χ0n) is 32.3. The number of H-pyrrole nitrogens is 1. The van der Waals surface area contributed by atoms with E-state index in [4.69, 9.17) is 30.8 Å². The number of hydrogen-bond acceptors (Lipinski definition) is 12. The first-order valence-corrected chi connectivity index (χ1v) is 20.0. The number of halogens is 1. The summed E-state index contributed by atoms with van der Waals surface area (Å²) < 4.78 is 17.9. The van der Waals surface area contributed by atoms with Crippen molar-refractivity contribution in [1.29, 1.82) is 0 Å². The molecular formula is C41H57ClN10O4. The van der Waals surface area contributed by atoms with Crippen molar-refractivity contribution >= 4 is 68.7 Å². The number of anilines is 5. The number of carbonyl (C=O) groups is 1. The first kappa shape index (κ1) is 40.8. The first-order valence-electron chi connectivity index (χ1n) is 19.6. The Balaban J connectivity index is 0.000000193. The predicted molar refractivity (Wildman–Crippen MR) is 225 cm³/mol. The Bertz CT molecular complexity index is 2060. The molecule has 2 saturated carbocycles. The van der Waals surface area contributed by atoms with Crippen LogP contribution in [0, 0.1) is 0 Å². The van der Waals surface area contributed by atoms with Gasteiger partial charge in [-0.05, 0) is 82.3 Å². The maximum absolute atomic E-state index is 12.4. The molecule has 14 nitrogen and oxygen atoms in total. The average molecular weight is 789 g/mol. The van der Waals surface area contributed by atoms with Gasteiger partial charge < -0.3 is 40.0 Å². The van der Waals surface area contributed by atoms with E-state index in [-0.39, 0.29) is 12.7 Å². The number of aromatic amines is 1. The highest BCUT2D eigenvalue weighted by atomic mass is 35.5. The number of benzene rings is 1. The highest BCUT2D eigenvalue weighted by Gasteiger charge is 2.23. The van der Waals surface area contributed by atoms with Gasteiger partial charge in [-0.3, -0.25) is 0 Å². The number of morpholine rings is 1. The van der Waals surface area contributed by atoms with E-state index in [0.717, 1.165) is 78.5 Å². The molecule has 0 bridgehead atoms. The molecule has 2 aliphatic carbocycles. The van der Waals surface area contributed by atoms with Gasteiger partial charge in [-0.2, -0.15) is 15.0 Å². The highest BCUT2D eigenvalue weighted by molar-refractivity contribution is 6.28. The van der Waals surface area contributed by atoms with Crippen molar-refractivity contribution in [3.05, 3.63) is 48.0 Å². The number of ether oxygens (including phenoxy) is 3. The average Bonchev–Trinajstić information content (AvgIpc) is 3.84. The number of nitrogens with one attached hydrogen (secondary N) is 4. The van der Waals surface area contributed by atoms with Crippen molar-refractivity contribution in [2.75, 3.05) is 54.3 Å². The Morgan fingerprint density at radius 3 is 2.18 bits per heavy atom. The molecule has 0 atom stereocenters. The van der Waals surface area contributed by atoms with Gasteiger partial charge in [0.05, 0.1) is 36.8 Å². The van der Waals surface area contributed by atoms with Gasteiger partial charge in [0.25, 0.3) is 0 Å². The zero-order chi connectivity index (χ0) is 38.4. The van der Waals surface area contributed by atoms with Crippen LogP contribution in [0.3, 0.4) is 0 Å². The molecule has 56 heavy (non-hydrogen) atoms. The lowest BCUT2D eigenvalue weighted by Crippen LogP contribution is -2.36. The zero-order valence-corrected chi connectivity index (χ0v) is 33.0. The molecule has 4 N–H and O–H groups in total. The number of hydrogen-bond donors (Lipinski definition) is 4. The van der Waals surface area contributed by atoms with E-state index in [1.165, 1.54) is 55.9 Å². The number of rotatable bonds is 8. The summed E-state index contributed by atoms with van der Waals surface area (Å²) in [6.07, 6.45) is 15.3. The fraction of sp³-hybridized carbons (Fsp3) is 0.537. The monoisotopic (exact) mass is 788 g/mol. The summed E-state index contributed by atoms with van der Waals surface area (Å²) in [5, 5.41) is 12.4. The van der Waals surface area contributed by atoms with E-state index in [1.807, 2.05) is 45.2 Å². The lowest BCUT2D eigenvalue weighted by Gasteiger charge is -2.29. The van der Waals surface area contributed by atoms with Gasteiger partial charge in [-0.15, -0.1) is 0 Å². The van der Waals surface area contributed by atoms with Gasteiger partial charge in [0.1, 0.15) is 28.6 Å². The Morgan fingerprint density at radius 1 is 0.875 bits per heavy atom. The van der Waals surface area contributed by atoms with Gasteiger partial charge in [0.15, 0.2) is 5.65 Å². The molecule has 5 heterocycles. The maximum atomic E-state index is 12.4. The molecule has 0 amide bonds.